The Hall–Kier alpha value is -2.26. The minimum atomic E-state index is -0.134. The molecule has 2 aromatic rings. The Labute approximate surface area is 127 Å². The third-order valence-electron chi connectivity index (χ3n) is 3.37. The second kappa shape index (κ2) is 5.26. The van der Waals surface area contributed by atoms with Crippen LogP contribution < -0.4 is 9.47 Å². The first-order valence-electron chi connectivity index (χ1n) is 6.47. The van der Waals surface area contributed by atoms with Crippen molar-refractivity contribution in [1.29, 1.82) is 0 Å². The molecule has 3 rings (SSSR count). The van der Waals surface area contributed by atoms with Gasteiger partial charge in [0.2, 0.25) is 5.78 Å². The van der Waals surface area contributed by atoms with E-state index >= 15 is 0 Å². The van der Waals surface area contributed by atoms with E-state index < -0.39 is 0 Å². The van der Waals surface area contributed by atoms with Crippen molar-refractivity contribution in [2.45, 2.75) is 6.92 Å². The Balaban J connectivity index is 2.05. The van der Waals surface area contributed by atoms with E-state index in [0.717, 1.165) is 11.1 Å². The van der Waals surface area contributed by atoms with Gasteiger partial charge < -0.3 is 9.47 Å². The molecule has 0 amide bonds. The van der Waals surface area contributed by atoms with Crippen LogP contribution in [0.1, 0.15) is 21.5 Å². The molecule has 0 radical (unpaired) electrons. The molecular formula is C17H13ClO3. The maximum atomic E-state index is 12.5. The quantitative estimate of drug-likeness (QED) is 0.777. The largest absolute Gasteiger partial charge is 0.497 e. The van der Waals surface area contributed by atoms with Gasteiger partial charge in [0.25, 0.3) is 0 Å². The summed E-state index contributed by atoms with van der Waals surface area (Å²) in [5.74, 6) is 1.33. The maximum Gasteiger partial charge on any atom is 0.232 e. The second-order valence-corrected chi connectivity index (χ2v) is 5.19. The fourth-order valence-corrected chi connectivity index (χ4v) is 2.52. The highest BCUT2D eigenvalue weighted by atomic mass is 35.5. The lowest BCUT2D eigenvalue weighted by Gasteiger charge is -2.04. The number of aryl methyl sites for hydroxylation is 1. The number of carbonyl (C=O) groups excluding carboxylic acids is 1. The van der Waals surface area contributed by atoms with Crippen molar-refractivity contribution < 1.29 is 14.3 Å². The monoisotopic (exact) mass is 300 g/mol. The highest BCUT2D eigenvalue weighted by molar-refractivity contribution is 6.32. The fraction of sp³-hybridized carbons (Fsp3) is 0.118. The molecule has 1 aliphatic rings. The van der Waals surface area contributed by atoms with Crippen molar-refractivity contribution in [3.63, 3.8) is 0 Å². The lowest BCUT2D eigenvalue weighted by atomic mass is 10.0. The summed E-state index contributed by atoms with van der Waals surface area (Å²) in [6.45, 7) is 1.86. The SMILES string of the molecule is COc1cc(C)c2c(c1)O/C(=C\c1ccccc1Cl)C2=O. The molecule has 1 heterocycles. The average molecular weight is 301 g/mol. The van der Waals surface area contributed by atoms with Crippen LogP contribution in [0.5, 0.6) is 11.5 Å². The van der Waals surface area contributed by atoms with Crippen molar-refractivity contribution >= 4 is 23.5 Å². The van der Waals surface area contributed by atoms with Crippen LogP contribution in [0.3, 0.4) is 0 Å². The van der Waals surface area contributed by atoms with E-state index in [0.29, 0.717) is 22.1 Å². The van der Waals surface area contributed by atoms with Crippen molar-refractivity contribution in [3.8, 4) is 11.5 Å². The minimum Gasteiger partial charge on any atom is -0.497 e. The summed E-state index contributed by atoms with van der Waals surface area (Å²) < 4.78 is 10.9. The van der Waals surface area contributed by atoms with E-state index in [4.69, 9.17) is 21.1 Å². The number of allylic oxidation sites excluding steroid dienone is 1. The number of rotatable bonds is 2. The number of ether oxygens (including phenoxy) is 2. The van der Waals surface area contributed by atoms with Crippen molar-refractivity contribution in [1.82, 2.24) is 0 Å². The van der Waals surface area contributed by atoms with Crippen LogP contribution in [0.4, 0.5) is 0 Å². The van der Waals surface area contributed by atoms with Crippen LogP contribution in [-0.2, 0) is 0 Å². The average Bonchev–Trinajstić information content (AvgIpc) is 2.78. The number of benzene rings is 2. The zero-order valence-electron chi connectivity index (χ0n) is 11.6. The molecule has 2 aromatic carbocycles. The molecule has 0 aromatic heterocycles. The molecule has 1 aliphatic heterocycles. The van der Waals surface area contributed by atoms with Gasteiger partial charge in [-0.1, -0.05) is 29.8 Å². The molecule has 4 heteroatoms. The Morgan fingerprint density at radius 2 is 2.00 bits per heavy atom. The van der Waals surface area contributed by atoms with Crippen LogP contribution in [0, 0.1) is 6.92 Å². The number of fused-ring (bicyclic) bond motifs is 1. The normalized spacial score (nSPS) is 15.0. The third-order valence-corrected chi connectivity index (χ3v) is 3.72. The van der Waals surface area contributed by atoms with Gasteiger partial charge in [0.15, 0.2) is 5.76 Å². The minimum absolute atomic E-state index is 0.134. The molecule has 0 spiro atoms. The molecule has 0 N–H and O–H groups in total. The number of Topliss-reactive ketones (excluding diaryl/α,β-unsaturated/α-hetero) is 1. The molecule has 0 bridgehead atoms. The summed E-state index contributed by atoms with van der Waals surface area (Å²) in [4.78, 5) is 12.5. The lowest BCUT2D eigenvalue weighted by Crippen LogP contribution is -1.99. The smallest absolute Gasteiger partial charge is 0.232 e. The number of hydrogen-bond donors (Lipinski definition) is 0. The van der Waals surface area contributed by atoms with E-state index in [9.17, 15) is 4.79 Å². The maximum absolute atomic E-state index is 12.5. The van der Waals surface area contributed by atoms with Gasteiger partial charge in [0.1, 0.15) is 11.5 Å². The van der Waals surface area contributed by atoms with Gasteiger partial charge in [-0.05, 0) is 36.3 Å². The molecule has 0 aliphatic carbocycles. The molecule has 21 heavy (non-hydrogen) atoms. The zero-order valence-corrected chi connectivity index (χ0v) is 12.4. The van der Waals surface area contributed by atoms with Crippen LogP contribution in [-0.4, -0.2) is 12.9 Å². The van der Waals surface area contributed by atoms with E-state index in [-0.39, 0.29) is 11.5 Å². The third kappa shape index (κ3) is 2.41. The number of halogens is 1. The van der Waals surface area contributed by atoms with Crippen LogP contribution in [0.25, 0.3) is 6.08 Å². The van der Waals surface area contributed by atoms with Gasteiger partial charge in [-0.3, -0.25) is 4.79 Å². The first-order valence-corrected chi connectivity index (χ1v) is 6.85. The van der Waals surface area contributed by atoms with Crippen molar-refractivity contribution in [2.75, 3.05) is 7.11 Å². The molecular weight excluding hydrogens is 288 g/mol. The predicted octanol–water partition coefficient (Wildman–Crippen LogP) is 4.27. The summed E-state index contributed by atoms with van der Waals surface area (Å²) in [6, 6.07) is 10.8. The van der Waals surface area contributed by atoms with Gasteiger partial charge >= 0.3 is 0 Å². The standard InChI is InChI=1S/C17H13ClO3/c1-10-7-12(20-2)9-14-16(10)17(19)15(21-14)8-11-5-3-4-6-13(11)18/h3-9H,1-2H3/b15-8-. The van der Waals surface area contributed by atoms with Gasteiger partial charge in [0.05, 0.1) is 12.7 Å². The van der Waals surface area contributed by atoms with E-state index in [1.807, 2.05) is 31.2 Å². The molecule has 0 unspecified atom stereocenters. The van der Waals surface area contributed by atoms with Crippen LogP contribution >= 0.6 is 11.6 Å². The number of carbonyl (C=O) groups is 1. The van der Waals surface area contributed by atoms with Gasteiger partial charge in [-0.2, -0.15) is 0 Å². The molecule has 106 valence electrons. The van der Waals surface area contributed by atoms with E-state index in [1.165, 1.54) is 0 Å². The lowest BCUT2D eigenvalue weighted by molar-refractivity contribution is 0.101. The highest BCUT2D eigenvalue weighted by Crippen LogP contribution is 2.37. The molecule has 0 atom stereocenters. The number of methoxy groups -OCH3 is 1. The summed E-state index contributed by atoms with van der Waals surface area (Å²) in [5, 5.41) is 0.576. The van der Waals surface area contributed by atoms with E-state index in [1.54, 1.807) is 25.3 Å². The van der Waals surface area contributed by atoms with Crippen molar-refractivity contribution in [2.24, 2.45) is 0 Å². The Bertz CT molecular complexity index is 763. The molecule has 3 nitrogen and oxygen atoms in total. The molecule has 0 saturated heterocycles. The first kappa shape index (κ1) is 13.7. The van der Waals surface area contributed by atoms with Crippen LogP contribution in [0.2, 0.25) is 5.02 Å². The molecule has 0 saturated carbocycles. The summed E-state index contributed by atoms with van der Waals surface area (Å²) in [6.07, 6.45) is 1.66. The number of hydrogen-bond acceptors (Lipinski definition) is 3. The zero-order chi connectivity index (χ0) is 15.0. The highest BCUT2D eigenvalue weighted by Gasteiger charge is 2.30. The topological polar surface area (TPSA) is 35.5 Å². The van der Waals surface area contributed by atoms with E-state index in [2.05, 4.69) is 0 Å². The fourth-order valence-electron chi connectivity index (χ4n) is 2.33. The van der Waals surface area contributed by atoms with Crippen molar-refractivity contribution in [3.05, 3.63) is 63.9 Å². The van der Waals surface area contributed by atoms with Crippen LogP contribution in [0.15, 0.2) is 42.2 Å². The predicted molar refractivity (Wildman–Crippen MR) is 82.1 cm³/mol. The van der Waals surface area contributed by atoms with Gasteiger partial charge in [0, 0.05) is 11.1 Å². The second-order valence-electron chi connectivity index (χ2n) is 4.78. The summed E-state index contributed by atoms with van der Waals surface area (Å²) >= 11 is 6.11. The Morgan fingerprint density at radius 3 is 2.71 bits per heavy atom. The Kier molecular flexibility index (Phi) is 3.43. The summed E-state index contributed by atoms with van der Waals surface area (Å²) in [5.41, 5.74) is 2.16. The first-order chi connectivity index (χ1) is 10.1. The van der Waals surface area contributed by atoms with Gasteiger partial charge in [-0.25, -0.2) is 0 Å². The molecule has 0 fully saturated rings. The summed E-state index contributed by atoms with van der Waals surface area (Å²) in [7, 11) is 1.58. The van der Waals surface area contributed by atoms with Gasteiger partial charge in [-0.15, -0.1) is 0 Å². The Morgan fingerprint density at radius 1 is 1.24 bits per heavy atom. The number of ketones is 1.